The maximum Gasteiger partial charge on any atom is 0.0842 e. The third-order valence-corrected chi connectivity index (χ3v) is 3.04. The summed E-state index contributed by atoms with van der Waals surface area (Å²) in [7, 11) is 0. The molecule has 0 aliphatic carbocycles. The minimum absolute atomic E-state index is 0.544. The monoisotopic (exact) mass is 184 g/mol. The van der Waals surface area contributed by atoms with E-state index in [1.54, 1.807) is 0 Å². The molecule has 0 spiro atoms. The van der Waals surface area contributed by atoms with E-state index in [4.69, 9.17) is 14.2 Å². The lowest BCUT2D eigenvalue weighted by molar-refractivity contribution is 0.328. The summed E-state index contributed by atoms with van der Waals surface area (Å²) in [5.41, 5.74) is 0. The molecular weight excluding hydrogens is 168 g/mol. The van der Waals surface area contributed by atoms with Gasteiger partial charge >= 0.3 is 0 Å². The third-order valence-electron chi connectivity index (χ3n) is 3.04. The van der Waals surface area contributed by atoms with Crippen LogP contribution in [-0.4, -0.2) is 37.6 Å². The van der Waals surface area contributed by atoms with E-state index >= 15 is 0 Å². The van der Waals surface area contributed by atoms with Crippen molar-refractivity contribution < 1.29 is 14.2 Å². The topological polar surface area (TPSA) is 37.6 Å². The Morgan fingerprint density at radius 1 is 0.769 bits per heavy atom. The lowest BCUT2D eigenvalue weighted by Gasteiger charge is -1.92. The van der Waals surface area contributed by atoms with Crippen LogP contribution in [0.15, 0.2) is 0 Å². The zero-order valence-corrected chi connectivity index (χ0v) is 7.78. The Kier molecular flexibility index (Phi) is 2.04. The molecule has 3 nitrogen and oxygen atoms in total. The molecule has 13 heavy (non-hydrogen) atoms. The summed E-state index contributed by atoms with van der Waals surface area (Å²) in [4.78, 5) is 0. The van der Waals surface area contributed by atoms with Crippen LogP contribution in [0, 0.1) is 0 Å². The first-order valence-electron chi connectivity index (χ1n) is 5.30. The van der Waals surface area contributed by atoms with Gasteiger partial charge in [0, 0.05) is 0 Å². The molecule has 3 aliphatic heterocycles. The van der Waals surface area contributed by atoms with Crippen molar-refractivity contribution in [1.82, 2.24) is 0 Å². The fourth-order valence-corrected chi connectivity index (χ4v) is 1.86. The molecule has 0 saturated carbocycles. The van der Waals surface area contributed by atoms with Gasteiger partial charge in [-0.05, 0) is 25.7 Å². The molecule has 0 aromatic rings. The lowest BCUT2D eigenvalue weighted by atomic mass is 10.1. The van der Waals surface area contributed by atoms with Crippen LogP contribution in [-0.2, 0) is 14.2 Å². The molecule has 3 aliphatic rings. The molecule has 3 heteroatoms. The minimum Gasteiger partial charge on any atom is -0.373 e. The van der Waals surface area contributed by atoms with E-state index in [1.165, 1.54) is 25.7 Å². The molecule has 0 N–H and O–H groups in total. The Morgan fingerprint density at radius 2 is 1.23 bits per heavy atom. The van der Waals surface area contributed by atoms with Crippen molar-refractivity contribution >= 4 is 0 Å². The van der Waals surface area contributed by atoms with Gasteiger partial charge in [0.25, 0.3) is 0 Å². The zero-order valence-electron chi connectivity index (χ0n) is 7.78. The average molecular weight is 184 g/mol. The van der Waals surface area contributed by atoms with Crippen molar-refractivity contribution in [2.75, 3.05) is 13.2 Å². The summed E-state index contributed by atoms with van der Waals surface area (Å²) in [6.45, 7) is 1.96. The van der Waals surface area contributed by atoms with E-state index in [2.05, 4.69) is 0 Å². The SMILES string of the molecule is C(CC1OC1CCC1CO1)C1CO1. The quantitative estimate of drug-likeness (QED) is 0.580. The van der Waals surface area contributed by atoms with Crippen molar-refractivity contribution in [3.05, 3.63) is 0 Å². The first-order valence-corrected chi connectivity index (χ1v) is 5.30. The largest absolute Gasteiger partial charge is 0.373 e. The molecule has 3 saturated heterocycles. The van der Waals surface area contributed by atoms with E-state index in [0.29, 0.717) is 24.4 Å². The number of hydrogen-bond donors (Lipinski definition) is 0. The van der Waals surface area contributed by atoms with Crippen LogP contribution in [0.4, 0.5) is 0 Å². The Hall–Kier alpha value is -0.120. The average Bonchev–Trinajstić information content (AvgIpc) is 2.96. The number of epoxide rings is 3. The summed E-state index contributed by atoms with van der Waals surface area (Å²) >= 11 is 0. The van der Waals surface area contributed by atoms with E-state index in [1.807, 2.05) is 0 Å². The van der Waals surface area contributed by atoms with Gasteiger partial charge in [0.2, 0.25) is 0 Å². The molecule has 0 radical (unpaired) electrons. The van der Waals surface area contributed by atoms with Gasteiger partial charge in [0.1, 0.15) is 0 Å². The Bertz CT molecular complexity index is 167. The van der Waals surface area contributed by atoms with Crippen LogP contribution < -0.4 is 0 Å². The van der Waals surface area contributed by atoms with Gasteiger partial charge in [-0.2, -0.15) is 0 Å². The summed E-state index contributed by atoms with van der Waals surface area (Å²) in [5, 5.41) is 0. The summed E-state index contributed by atoms with van der Waals surface area (Å²) in [5.74, 6) is 0. The first kappa shape index (κ1) is 8.21. The molecule has 3 rings (SSSR count). The maximum atomic E-state index is 5.56. The molecule has 0 bridgehead atoms. The van der Waals surface area contributed by atoms with Gasteiger partial charge in [-0.25, -0.2) is 0 Å². The predicted molar refractivity (Wildman–Crippen MR) is 46.6 cm³/mol. The van der Waals surface area contributed by atoms with Crippen molar-refractivity contribution in [1.29, 1.82) is 0 Å². The predicted octanol–water partition coefficient (Wildman–Crippen LogP) is 1.11. The third kappa shape index (κ3) is 2.42. The molecule has 4 atom stereocenters. The molecule has 74 valence electrons. The van der Waals surface area contributed by atoms with Crippen molar-refractivity contribution in [3.63, 3.8) is 0 Å². The van der Waals surface area contributed by atoms with Crippen LogP contribution >= 0.6 is 0 Å². The molecule has 0 aromatic heterocycles. The summed E-state index contributed by atoms with van der Waals surface area (Å²) in [6.07, 6.45) is 7.00. The fraction of sp³-hybridized carbons (Fsp3) is 1.00. The van der Waals surface area contributed by atoms with Gasteiger partial charge < -0.3 is 14.2 Å². The molecule has 4 unspecified atom stereocenters. The Morgan fingerprint density at radius 3 is 1.62 bits per heavy atom. The van der Waals surface area contributed by atoms with Crippen LogP contribution in [0.5, 0.6) is 0 Å². The highest BCUT2D eigenvalue weighted by Gasteiger charge is 2.40. The highest BCUT2D eigenvalue weighted by Crippen LogP contribution is 2.34. The van der Waals surface area contributed by atoms with Crippen LogP contribution in [0.2, 0.25) is 0 Å². The van der Waals surface area contributed by atoms with E-state index in [-0.39, 0.29) is 0 Å². The van der Waals surface area contributed by atoms with Crippen molar-refractivity contribution in [2.24, 2.45) is 0 Å². The first-order chi connectivity index (χ1) is 6.42. The summed E-state index contributed by atoms with van der Waals surface area (Å²) in [6, 6.07) is 0. The van der Waals surface area contributed by atoms with E-state index < -0.39 is 0 Å². The zero-order chi connectivity index (χ0) is 8.67. The van der Waals surface area contributed by atoms with Crippen LogP contribution in [0.1, 0.15) is 25.7 Å². The van der Waals surface area contributed by atoms with Gasteiger partial charge in [0.05, 0.1) is 37.6 Å². The van der Waals surface area contributed by atoms with Gasteiger partial charge in [-0.1, -0.05) is 0 Å². The highest BCUT2D eigenvalue weighted by atomic mass is 16.6. The number of ether oxygens (including phenoxy) is 3. The second-order valence-electron chi connectivity index (χ2n) is 4.28. The second-order valence-corrected chi connectivity index (χ2v) is 4.28. The second kappa shape index (κ2) is 3.23. The molecule has 3 fully saturated rings. The van der Waals surface area contributed by atoms with E-state index in [9.17, 15) is 0 Å². The molecular formula is C10H16O3. The molecule has 3 heterocycles. The highest BCUT2D eigenvalue weighted by molar-refractivity contribution is 4.88. The van der Waals surface area contributed by atoms with Crippen LogP contribution in [0.25, 0.3) is 0 Å². The van der Waals surface area contributed by atoms with Crippen LogP contribution in [0.3, 0.4) is 0 Å². The standard InChI is InChI=1S/C10H16O3/c1(7-5-11-7)3-9-10(13-9)4-2-8-6-12-8/h7-10H,1-6H2. The normalized spacial score (nSPS) is 46.2. The Labute approximate surface area is 78.3 Å². The van der Waals surface area contributed by atoms with Gasteiger partial charge in [0.15, 0.2) is 0 Å². The van der Waals surface area contributed by atoms with Crippen molar-refractivity contribution in [2.45, 2.75) is 50.1 Å². The van der Waals surface area contributed by atoms with Gasteiger partial charge in [-0.15, -0.1) is 0 Å². The number of hydrogen-bond acceptors (Lipinski definition) is 3. The summed E-state index contributed by atoms with van der Waals surface area (Å²) < 4.78 is 15.9. The fourth-order valence-electron chi connectivity index (χ4n) is 1.86. The smallest absolute Gasteiger partial charge is 0.0842 e. The maximum absolute atomic E-state index is 5.56. The Balaban J connectivity index is 1.26. The number of rotatable bonds is 6. The van der Waals surface area contributed by atoms with Crippen molar-refractivity contribution in [3.8, 4) is 0 Å². The van der Waals surface area contributed by atoms with Gasteiger partial charge in [-0.3, -0.25) is 0 Å². The molecule has 0 amide bonds. The van der Waals surface area contributed by atoms with E-state index in [0.717, 1.165) is 13.2 Å². The minimum atomic E-state index is 0.544. The molecule has 0 aromatic carbocycles. The lowest BCUT2D eigenvalue weighted by Crippen LogP contribution is -1.98.